The molecular formula is C13H18FNO3. The smallest absolute Gasteiger partial charge is 0.262 e. The maximum Gasteiger partial charge on any atom is 0.262 e. The number of likely N-dealkylation sites (N-methyl/N-ethyl adjacent to an activating group) is 1. The first-order chi connectivity index (χ1) is 8.32. The minimum atomic E-state index is -0.864. The highest BCUT2D eigenvalue weighted by Gasteiger charge is 2.19. The number of rotatable bonds is 4. The summed E-state index contributed by atoms with van der Waals surface area (Å²) in [6, 6.07) is 3.84. The number of hydrogen-bond acceptors (Lipinski definition) is 3. The van der Waals surface area contributed by atoms with Gasteiger partial charge < -0.3 is 14.7 Å². The van der Waals surface area contributed by atoms with E-state index in [0.717, 1.165) is 0 Å². The average molecular weight is 255 g/mol. The minimum absolute atomic E-state index is 0.198. The van der Waals surface area contributed by atoms with Crippen molar-refractivity contribution in [3.05, 3.63) is 29.6 Å². The molecule has 2 unspecified atom stereocenters. The average Bonchev–Trinajstić information content (AvgIpc) is 2.29. The van der Waals surface area contributed by atoms with Crippen molar-refractivity contribution in [3.63, 3.8) is 0 Å². The monoisotopic (exact) mass is 255 g/mol. The lowest BCUT2D eigenvalue weighted by atomic mass is 10.1. The standard InChI is InChI=1S/C13H18FNO3/c1-8(16)11-7-10(14)5-6-12(11)18-9(2)13(17)15(3)4/h5-9,16H,1-4H3. The van der Waals surface area contributed by atoms with E-state index in [1.165, 1.54) is 30.0 Å². The fourth-order valence-electron chi connectivity index (χ4n) is 1.56. The zero-order valence-electron chi connectivity index (χ0n) is 11.0. The summed E-state index contributed by atoms with van der Waals surface area (Å²) in [5, 5.41) is 9.55. The van der Waals surface area contributed by atoms with Gasteiger partial charge in [0, 0.05) is 19.7 Å². The summed E-state index contributed by atoms with van der Waals surface area (Å²) in [6.07, 6.45) is -1.56. The molecule has 1 rings (SSSR count). The Hall–Kier alpha value is -1.62. The van der Waals surface area contributed by atoms with E-state index in [4.69, 9.17) is 4.74 Å². The van der Waals surface area contributed by atoms with Gasteiger partial charge in [-0.05, 0) is 32.0 Å². The van der Waals surface area contributed by atoms with Gasteiger partial charge in [-0.25, -0.2) is 4.39 Å². The van der Waals surface area contributed by atoms with Gasteiger partial charge in [-0.15, -0.1) is 0 Å². The molecule has 2 atom stereocenters. The summed E-state index contributed by atoms with van der Waals surface area (Å²) in [5.74, 6) is -0.338. The van der Waals surface area contributed by atoms with Crippen molar-refractivity contribution in [2.45, 2.75) is 26.1 Å². The first-order valence-corrected chi connectivity index (χ1v) is 5.68. The Bertz CT molecular complexity index is 432. The molecule has 18 heavy (non-hydrogen) atoms. The van der Waals surface area contributed by atoms with Crippen LogP contribution in [0, 0.1) is 5.82 Å². The third-order valence-corrected chi connectivity index (χ3v) is 2.51. The second-order valence-corrected chi connectivity index (χ2v) is 4.35. The van der Waals surface area contributed by atoms with Gasteiger partial charge in [0.2, 0.25) is 0 Å². The molecule has 4 nitrogen and oxygen atoms in total. The molecule has 0 aliphatic carbocycles. The molecule has 0 aliphatic rings. The van der Waals surface area contributed by atoms with Crippen molar-refractivity contribution >= 4 is 5.91 Å². The Kier molecular flexibility index (Phi) is 4.67. The first kappa shape index (κ1) is 14.4. The van der Waals surface area contributed by atoms with Crippen molar-refractivity contribution in [2.24, 2.45) is 0 Å². The summed E-state index contributed by atoms with van der Waals surface area (Å²) in [4.78, 5) is 13.1. The number of benzene rings is 1. The van der Waals surface area contributed by atoms with Crippen LogP contribution in [0.25, 0.3) is 0 Å². The van der Waals surface area contributed by atoms with E-state index in [1.54, 1.807) is 21.0 Å². The van der Waals surface area contributed by atoms with Crippen LogP contribution in [-0.4, -0.2) is 36.1 Å². The Morgan fingerprint density at radius 3 is 2.50 bits per heavy atom. The summed E-state index contributed by atoms with van der Waals surface area (Å²) >= 11 is 0. The van der Waals surface area contributed by atoms with Crippen molar-refractivity contribution in [1.82, 2.24) is 4.90 Å². The molecule has 0 aromatic heterocycles. The number of hydrogen-bond donors (Lipinski definition) is 1. The number of carbonyl (C=O) groups excluding carboxylic acids is 1. The second-order valence-electron chi connectivity index (χ2n) is 4.35. The third kappa shape index (κ3) is 3.43. The molecule has 1 amide bonds. The highest BCUT2D eigenvalue weighted by atomic mass is 19.1. The number of halogens is 1. The van der Waals surface area contributed by atoms with Gasteiger partial charge in [0.05, 0.1) is 6.10 Å². The SMILES string of the molecule is CC(Oc1ccc(F)cc1C(C)O)C(=O)N(C)C. The molecule has 0 aliphatic heterocycles. The largest absolute Gasteiger partial charge is 0.481 e. The zero-order valence-corrected chi connectivity index (χ0v) is 11.0. The molecule has 0 heterocycles. The molecule has 0 saturated carbocycles. The van der Waals surface area contributed by atoms with Gasteiger partial charge in [-0.1, -0.05) is 0 Å². The molecule has 0 fully saturated rings. The highest BCUT2D eigenvalue weighted by Crippen LogP contribution is 2.27. The van der Waals surface area contributed by atoms with Crippen LogP contribution in [0.1, 0.15) is 25.5 Å². The summed E-state index contributed by atoms with van der Waals surface area (Å²) in [5.41, 5.74) is 0.327. The lowest BCUT2D eigenvalue weighted by Crippen LogP contribution is -2.35. The van der Waals surface area contributed by atoms with Gasteiger partial charge in [0.15, 0.2) is 6.10 Å². The molecule has 0 bridgehead atoms. The number of ether oxygens (including phenoxy) is 1. The molecule has 5 heteroatoms. The first-order valence-electron chi connectivity index (χ1n) is 5.68. The van der Waals surface area contributed by atoms with E-state index in [-0.39, 0.29) is 5.91 Å². The highest BCUT2D eigenvalue weighted by molar-refractivity contribution is 5.80. The Morgan fingerprint density at radius 1 is 1.39 bits per heavy atom. The Labute approximate surface area is 106 Å². The zero-order chi connectivity index (χ0) is 13.9. The van der Waals surface area contributed by atoms with Crippen LogP contribution >= 0.6 is 0 Å². The van der Waals surface area contributed by atoms with Crippen LogP contribution in [0.3, 0.4) is 0 Å². The van der Waals surface area contributed by atoms with Crippen LogP contribution in [0.4, 0.5) is 4.39 Å². The summed E-state index contributed by atoms with van der Waals surface area (Å²) in [6.45, 7) is 3.12. The predicted octanol–water partition coefficient (Wildman–Crippen LogP) is 1.73. The lowest BCUT2D eigenvalue weighted by Gasteiger charge is -2.20. The topological polar surface area (TPSA) is 49.8 Å². The molecule has 0 radical (unpaired) electrons. The van der Waals surface area contributed by atoms with E-state index in [2.05, 4.69) is 0 Å². The van der Waals surface area contributed by atoms with Crippen molar-refractivity contribution in [3.8, 4) is 5.75 Å². The van der Waals surface area contributed by atoms with Gasteiger partial charge >= 0.3 is 0 Å². The van der Waals surface area contributed by atoms with Crippen LogP contribution in [-0.2, 0) is 4.79 Å². The normalized spacial score (nSPS) is 13.9. The second kappa shape index (κ2) is 5.82. The molecule has 1 aromatic rings. The van der Waals surface area contributed by atoms with Crippen LogP contribution in [0.5, 0.6) is 5.75 Å². The van der Waals surface area contributed by atoms with Crippen LogP contribution in [0.15, 0.2) is 18.2 Å². The van der Waals surface area contributed by atoms with E-state index < -0.39 is 18.0 Å². The molecule has 0 saturated heterocycles. The number of carbonyl (C=O) groups is 1. The third-order valence-electron chi connectivity index (χ3n) is 2.51. The summed E-state index contributed by atoms with van der Waals surface area (Å²) < 4.78 is 18.6. The quantitative estimate of drug-likeness (QED) is 0.891. The van der Waals surface area contributed by atoms with Crippen molar-refractivity contribution in [2.75, 3.05) is 14.1 Å². The maximum atomic E-state index is 13.1. The fraction of sp³-hybridized carbons (Fsp3) is 0.462. The van der Waals surface area contributed by atoms with E-state index in [0.29, 0.717) is 11.3 Å². The summed E-state index contributed by atoms with van der Waals surface area (Å²) in [7, 11) is 3.25. The molecular weight excluding hydrogens is 237 g/mol. The van der Waals surface area contributed by atoms with E-state index in [1.807, 2.05) is 0 Å². The fourth-order valence-corrected chi connectivity index (χ4v) is 1.56. The Balaban J connectivity index is 2.94. The molecule has 100 valence electrons. The number of nitrogens with zero attached hydrogens (tertiary/aromatic N) is 1. The van der Waals surface area contributed by atoms with Crippen molar-refractivity contribution in [1.29, 1.82) is 0 Å². The van der Waals surface area contributed by atoms with Gasteiger partial charge in [-0.2, -0.15) is 0 Å². The number of aliphatic hydroxyl groups excluding tert-OH is 1. The minimum Gasteiger partial charge on any atom is -0.481 e. The Morgan fingerprint density at radius 2 is 2.00 bits per heavy atom. The molecule has 0 spiro atoms. The maximum absolute atomic E-state index is 13.1. The van der Waals surface area contributed by atoms with Crippen LogP contribution in [0.2, 0.25) is 0 Å². The van der Waals surface area contributed by atoms with E-state index >= 15 is 0 Å². The van der Waals surface area contributed by atoms with Gasteiger partial charge in [0.1, 0.15) is 11.6 Å². The predicted molar refractivity (Wildman–Crippen MR) is 65.8 cm³/mol. The number of aliphatic hydroxyl groups is 1. The van der Waals surface area contributed by atoms with Gasteiger partial charge in [0.25, 0.3) is 5.91 Å². The van der Waals surface area contributed by atoms with Crippen LogP contribution < -0.4 is 4.74 Å². The molecule has 1 aromatic carbocycles. The van der Waals surface area contributed by atoms with Crippen molar-refractivity contribution < 1.29 is 19.0 Å². The number of amides is 1. The van der Waals surface area contributed by atoms with Gasteiger partial charge in [-0.3, -0.25) is 4.79 Å². The molecule has 1 N–H and O–H groups in total. The lowest BCUT2D eigenvalue weighted by molar-refractivity contribution is -0.135. The van der Waals surface area contributed by atoms with E-state index in [9.17, 15) is 14.3 Å².